The lowest BCUT2D eigenvalue weighted by atomic mass is 9.82. The van der Waals surface area contributed by atoms with Crippen LogP contribution in [0, 0.1) is 12.3 Å². The Morgan fingerprint density at radius 2 is 1.74 bits per heavy atom. The highest BCUT2D eigenvalue weighted by Gasteiger charge is 2.37. The molecule has 0 bridgehead atoms. The van der Waals surface area contributed by atoms with Crippen molar-refractivity contribution in [1.29, 1.82) is 0 Å². The van der Waals surface area contributed by atoms with Gasteiger partial charge in [0, 0.05) is 30.4 Å². The molecule has 3 aromatic rings. The van der Waals surface area contributed by atoms with Crippen molar-refractivity contribution >= 4 is 17.4 Å². The average molecular weight is 519 g/mol. The van der Waals surface area contributed by atoms with Crippen molar-refractivity contribution in [3.8, 4) is 11.3 Å². The second-order valence-electron chi connectivity index (χ2n) is 12.7. The Kier molecular flexibility index (Phi) is 7.01. The summed E-state index contributed by atoms with van der Waals surface area (Å²) < 4.78 is 13.5. The lowest BCUT2D eigenvalue weighted by Gasteiger charge is -2.39. The first-order valence-corrected chi connectivity index (χ1v) is 14.0. The molecule has 1 aliphatic carbocycles. The number of nitrogens with zero attached hydrogens (tertiary/aromatic N) is 4. The van der Waals surface area contributed by atoms with Gasteiger partial charge in [0.1, 0.15) is 5.82 Å². The van der Waals surface area contributed by atoms with E-state index in [0.717, 1.165) is 72.8 Å². The number of hydrogen-bond donors (Lipinski definition) is 0. The van der Waals surface area contributed by atoms with Crippen LogP contribution in [-0.4, -0.2) is 46.4 Å². The highest BCUT2D eigenvalue weighted by molar-refractivity contribution is 5.80. The van der Waals surface area contributed by atoms with Crippen LogP contribution in [-0.2, 0) is 27.1 Å². The molecule has 0 spiro atoms. The number of methoxy groups -OCH3 is 1. The number of rotatable bonds is 5. The maximum Gasteiger partial charge on any atom is 0.339 e. The summed E-state index contributed by atoms with van der Waals surface area (Å²) in [5.74, 6) is 0.455. The molecule has 2 aromatic heterocycles. The summed E-state index contributed by atoms with van der Waals surface area (Å²) in [5.41, 5.74) is 6.88. The van der Waals surface area contributed by atoms with Crippen LogP contribution in [0.2, 0.25) is 0 Å². The van der Waals surface area contributed by atoms with Gasteiger partial charge in [-0.1, -0.05) is 26.0 Å². The van der Waals surface area contributed by atoms with Gasteiger partial charge in [0.15, 0.2) is 11.8 Å². The number of anilines is 1. The minimum Gasteiger partial charge on any atom is -0.467 e. The zero-order valence-corrected chi connectivity index (χ0v) is 24.1. The molecule has 0 saturated carbocycles. The predicted octanol–water partition coefficient (Wildman–Crippen LogP) is 6.24. The highest BCUT2D eigenvalue weighted by Crippen LogP contribution is 2.39. The number of piperidine rings is 1. The van der Waals surface area contributed by atoms with Gasteiger partial charge < -0.3 is 14.4 Å². The third-order valence-electron chi connectivity index (χ3n) is 8.01. The Morgan fingerprint density at radius 1 is 1.05 bits per heavy atom. The molecule has 2 aliphatic rings. The van der Waals surface area contributed by atoms with E-state index in [2.05, 4.69) is 43.0 Å². The Hall–Kier alpha value is -2.93. The summed E-state index contributed by atoms with van der Waals surface area (Å²) in [7, 11) is 1.41. The number of benzene rings is 1. The van der Waals surface area contributed by atoms with Gasteiger partial charge in [-0.25, -0.2) is 9.78 Å². The van der Waals surface area contributed by atoms with Crippen molar-refractivity contribution < 1.29 is 14.3 Å². The zero-order chi connectivity index (χ0) is 27.2. The molecule has 7 heteroatoms. The van der Waals surface area contributed by atoms with Gasteiger partial charge in [-0.2, -0.15) is 9.61 Å². The molecule has 0 N–H and O–H groups in total. The van der Waals surface area contributed by atoms with E-state index in [0.29, 0.717) is 0 Å². The Balaban J connectivity index is 1.69. The first-order valence-electron chi connectivity index (χ1n) is 14.0. The molecule has 38 heavy (non-hydrogen) atoms. The van der Waals surface area contributed by atoms with Crippen LogP contribution in [0.25, 0.3) is 16.9 Å². The van der Waals surface area contributed by atoms with Crippen LogP contribution >= 0.6 is 0 Å². The van der Waals surface area contributed by atoms with E-state index in [4.69, 9.17) is 19.6 Å². The van der Waals surface area contributed by atoms with Crippen molar-refractivity contribution in [2.24, 2.45) is 5.41 Å². The number of carbonyl (C=O) groups excluding carboxylic acids is 1. The molecular formula is C31H42N4O3. The van der Waals surface area contributed by atoms with Crippen molar-refractivity contribution in [2.75, 3.05) is 25.1 Å². The minimum atomic E-state index is -0.904. The number of esters is 1. The van der Waals surface area contributed by atoms with Crippen LogP contribution in [0.15, 0.2) is 24.3 Å². The third kappa shape index (κ3) is 5.31. The molecule has 1 saturated heterocycles. The molecule has 0 unspecified atom stereocenters. The molecule has 7 nitrogen and oxygen atoms in total. The molecule has 1 aliphatic heterocycles. The molecule has 0 amide bonds. The van der Waals surface area contributed by atoms with Crippen LogP contribution in [0.5, 0.6) is 0 Å². The first-order chi connectivity index (χ1) is 18.0. The molecule has 1 fully saturated rings. The van der Waals surface area contributed by atoms with Gasteiger partial charge >= 0.3 is 5.97 Å². The van der Waals surface area contributed by atoms with Gasteiger partial charge in [0.2, 0.25) is 0 Å². The largest absolute Gasteiger partial charge is 0.467 e. The molecule has 1 atom stereocenters. The Labute approximate surface area is 226 Å². The lowest BCUT2D eigenvalue weighted by molar-refractivity contribution is -0.164. The van der Waals surface area contributed by atoms with Crippen LogP contribution < -0.4 is 4.90 Å². The quantitative estimate of drug-likeness (QED) is 0.373. The number of carbonyl (C=O) groups is 1. The zero-order valence-electron chi connectivity index (χ0n) is 24.1. The monoisotopic (exact) mass is 518 g/mol. The summed E-state index contributed by atoms with van der Waals surface area (Å²) in [6.07, 6.45) is 5.98. The fourth-order valence-electron chi connectivity index (χ4n) is 5.77. The smallest absolute Gasteiger partial charge is 0.339 e. The number of aromatic nitrogens is 3. The van der Waals surface area contributed by atoms with E-state index in [9.17, 15) is 4.79 Å². The highest BCUT2D eigenvalue weighted by atomic mass is 16.6. The fourth-order valence-corrected chi connectivity index (χ4v) is 5.77. The standard InChI is InChI=1S/C31H42N4O3/c1-20-26(27(29(36)37-7)38-30(2,3)4)28(34-16-14-31(5,6)15-17-34)35-25(32-20)19-24(33-35)23-13-12-21-10-8-9-11-22(21)18-23/h12-13,18-19,27H,8-11,14-17H2,1-7H3/t27-/m0/s1. The normalized spacial score (nSPS) is 18.3. The van der Waals surface area contributed by atoms with Gasteiger partial charge in [-0.15, -0.1) is 0 Å². The number of hydrogen-bond acceptors (Lipinski definition) is 6. The first kappa shape index (κ1) is 26.7. The van der Waals surface area contributed by atoms with Gasteiger partial charge in [-0.05, 0) is 88.8 Å². The fraction of sp³-hybridized carbons (Fsp3) is 0.581. The number of aryl methyl sites for hydroxylation is 3. The molecule has 204 valence electrons. The van der Waals surface area contributed by atoms with E-state index < -0.39 is 17.7 Å². The maximum absolute atomic E-state index is 13.2. The molecule has 1 aromatic carbocycles. The van der Waals surface area contributed by atoms with E-state index in [1.165, 1.54) is 31.1 Å². The topological polar surface area (TPSA) is 69.0 Å². The summed E-state index contributed by atoms with van der Waals surface area (Å²) >= 11 is 0. The van der Waals surface area contributed by atoms with Crippen molar-refractivity contribution in [3.63, 3.8) is 0 Å². The second-order valence-corrected chi connectivity index (χ2v) is 12.7. The number of fused-ring (bicyclic) bond motifs is 2. The minimum absolute atomic E-state index is 0.278. The molecular weight excluding hydrogens is 476 g/mol. The Bertz CT molecular complexity index is 1340. The lowest BCUT2D eigenvalue weighted by Crippen LogP contribution is -2.40. The van der Waals surface area contributed by atoms with Crippen LogP contribution in [0.3, 0.4) is 0 Å². The third-order valence-corrected chi connectivity index (χ3v) is 8.01. The summed E-state index contributed by atoms with van der Waals surface area (Å²) in [6, 6.07) is 8.81. The van der Waals surface area contributed by atoms with Crippen LogP contribution in [0.4, 0.5) is 5.82 Å². The van der Waals surface area contributed by atoms with Gasteiger partial charge in [-0.3, -0.25) is 0 Å². The molecule has 3 heterocycles. The number of ether oxygens (including phenoxy) is 2. The molecule has 5 rings (SSSR count). The maximum atomic E-state index is 13.2. The van der Waals surface area contributed by atoms with Crippen molar-refractivity contribution in [3.05, 3.63) is 46.6 Å². The SMILES string of the molecule is COC(=O)[C@@H](OC(C)(C)C)c1c(C)nc2cc(-c3ccc4c(c3)CCCC4)nn2c1N1CCC(C)(C)CC1. The summed E-state index contributed by atoms with van der Waals surface area (Å²) in [4.78, 5) is 20.5. The summed E-state index contributed by atoms with van der Waals surface area (Å²) in [5, 5.41) is 5.11. The van der Waals surface area contributed by atoms with Crippen molar-refractivity contribution in [2.45, 2.75) is 91.8 Å². The summed E-state index contributed by atoms with van der Waals surface area (Å²) in [6.45, 7) is 14.2. The van der Waals surface area contributed by atoms with Crippen LogP contribution in [0.1, 0.15) is 88.8 Å². The van der Waals surface area contributed by atoms with Gasteiger partial charge in [0.25, 0.3) is 0 Å². The van der Waals surface area contributed by atoms with E-state index in [-0.39, 0.29) is 5.41 Å². The second kappa shape index (κ2) is 9.99. The Morgan fingerprint density at radius 3 is 2.39 bits per heavy atom. The van der Waals surface area contributed by atoms with Gasteiger partial charge in [0.05, 0.1) is 24.0 Å². The predicted molar refractivity (Wildman–Crippen MR) is 151 cm³/mol. The molecule has 0 radical (unpaired) electrons. The van der Waals surface area contributed by atoms with Crippen molar-refractivity contribution in [1.82, 2.24) is 14.6 Å². The van der Waals surface area contributed by atoms with E-state index in [1.807, 2.05) is 32.2 Å². The van der Waals surface area contributed by atoms with E-state index in [1.54, 1.807) is 0 Å². The van der Waals surface area contributed by atoms with E-state index >= 15 is 0 Å². The average Bonchev–Trinajstić information content (AvgIpc) is 3.29.